The third-order valence-corrected chi connectivity index (χ3v) is 4.38. The maximum absolute atomic E-state index is 10.6. The second kappa shape index (κ2) is 5.36. The molecule has 0 spiro atoms. The van der Waals surface area contributed by atoms with Crippen LogP contribution in [0.1, 0.15) is 19.3 Å². The van der Waals surface area contributed by atoms with Gasteiger partial charge in [0.2, 0.25) is 0 Å². The van der Waals surface area contributed by atoms with Crippen LogP contribution in [0, 0.1) is 15.5 Å². The molecule has 0 atom stereocenters. The van der Waals surface area contributed by atoms with Gasteiger partial charge in [-0.15, -0.1) is 0 Å². The molecule has 1 aromatic carbocycles. The molecule has 2 rings (SSSR count). The van der Waals surface area contributed by atoms with Crippen molar-refractivity contribution in [1.82, 2.24) is 0 Å². The Morgan fingerprint density at radius 1 is 1.50 bits per heavy atom. The molecule has 0 aliphatic heterocycles. The molecule has 0 unspecified atom stereocenters. The third kappa shape index (κ3) is 2.72. The molecule has 1 fully saturated rings. The van der Waals surface area contributed by atoms with E-state index in [1.165, 1.54) is 18.6 Å². The average Bonchev–Trinajstić information content (AvgIpc) is 2.27. The second-order valence-corrected chi connectivity index (χ2v) is 5.39. The highest BCUT2D eigenvalue weighted by Gasteiger charge is 2.36. The van der Waals surface area contributed by atoms with Crippen molar-refractivity contribution in [2.45, 2.75) is 19.3 Å². The van der Waals surface area contributed by atoms with Crippen LogP contribution in [0.4, 0.5) is 5.69 Å². The number of halogens is 1. The van der Waals surface area contributed by atoms with Crippen molar-refractivity contribution >= 4 is 29.9 Å². The summed E-state index contributed by atoms with van der Waals surface area (Å²) in [5.74, 6) is 1.37. The second-order valence-electron chi connectivity index (χ2n) is 4.67. The van der Waals surface area contributed by atoms with E-state index in [0.29, 0.717) is 12.4 Å². The van der Waals surface area contributed by atoms with Crippen molar-refractivity contribution in [2.75, 3.05) is 12.4 Å². The Morgan fingerprint density at radius 3 is 2.67 bits per heavy atom. The topological polar surface area (TPSA) is 52.4 Å². The van der Waals surface area contributed by atoms with Crippen molar-refractivity contribution in [1.29, 1.82) is 0 Å². The number of benzene rings is 1. The summed E-state index contributed by atoms with van der Waals surface area (Å²) in [6, 6.07) is 4.44. The molecule has 1 aliphatic rings. The van der Waals surface area contributed by atoms with Crippen LogP contribution in [0.25, 0.3) is 0 Å². The summed E-state index contributed by atoms with van der Waals surface area (Å²) in [6.45, 7) is 0.588. The van der Waals surface area contributed by atoms with E-state index >= 15 is 0 Å². The van der Waals surface area contributed by atoms with E-state index < -0.39 is 4.92 Å². The number of hydrogen-bond donors (Lipinski definition) is 1. The van der Waals surface area contributed by atoms with E-state index in [2.05, 4.69) is 12.6 Å². The van der Waals surface area contributed by atoms with Gasteiger partial charge < -0.3 is 4.74 Å². The highest BCUT2D eigenvalue weighted by Crippen LogP contribution is 2.42. The Morgan fingerprint density at radius 2 is 2.22 bits per heavy atom. The summed E-state index contributed by atoms with van der Waals surface area (Å²) < 4.78 is 5.66. The first-order valence-electron chi connectivity index (χ1n) is 5.74. The monoisotopic (exact) mass is 287 g/mol. The van der Waals surface area contributed by atoms with Crippen molar-refractivity contribution < 1.29 is 9.66 Å². The maximum atomic E-state index is 10.6. The third-order valence-electron chi connectivity index (χ3n) is 3.41. The quantitative estimate of drug-likeness (QED) is 0.510. The fraction of sp³-hybridized carbons (Fsp3) is 0.500. The maximum Gasteiger partial charge on any atom is 0.288 e. The molecule has 0 heterocycles. The van der Waals surface area contributed by atoms with E-state index in [-0.39, 0.29) is 16.1 Å². The van der Waals surface area contributed by atoms with Crippen molar-refractivity contribution in [3.05, 3.63) is 33.3 Å². The summed E-state index contributed by atoms with van der Waals surface area (Å²) in [7, 11) is 0. The van der Waals surface area contributed by atoms with Crippen LogP contribution in [0.2, 0.25) is 5.02 Å². The standard InChI is InChI=1S/C12H14ClNO3S/c13-10-6-9(2-3-11(10)14(15)16)17-7-12(8-18)4-1-5-12/h2-3,6,18H,1,4-5,7-8H2. The fourth-order valence-electron chi connectivity index (χ4n) is 1.99. The predicted octanol–water partition coefficient (Wildman–Crippen LogP) is 3.73. The predicted molar refractivity (Wildman–Crippen MR) is 73.7 cm³/mol. The van der Waals surface area contributed by atoms with Crippen LogP contribution in [-0.4, -0.2) is 17.3 Å². The first-order valence-corrected chi connectivity index (χ1v) is 6.75. The van der Waals surface area contributed by atoms with Crippen molar-refractivity contribution in [2.24, 2.45) is 5.41 Å². The molecular weight excluding hydrogens is 274 g/mol. The first-order chi connectivity index (χ1) is 8.56. The Labute approximate surface area is 116 Å². The zero-order valence-electron chi connectivity index (χ0n) is 9.76. The normalized spacial score (nSPS) is 17.0. The molecule has 0 aromatic heterocycles. The van der Waals surface area contributed by atoms with Gasteiger partial charge in [-0.1, -0.05) is 18.0 Å². The first kappa shape index (κ1) is 13.5. The molecule has 0 saturated heterocycles. The number of hydrogen-bond acceptors (Lipinski definition) is 4. The summed E-state index contributed by atoms with van der Waals surface area (Å²) in [4.78, 5) is 10.1. The minimum absolute atomic E-state index is 0.100. The summed E-state index contributed by atoms with van der Waals surface area (Å²) >= 11 is 10.2. The van der Waals surface area contributed by atoms with Gasteiger partial charge >= 0.3 is 0 Å². The number of rotatable bonds is 5. The molecule has 98 valence electrons. The Balaban J connectivity index is 2.02. The number of thiol groups is 1. The van der Waals surface area contributed by atoms with E-state index in [1.54, 1.807) is 6.07 Å². The molecule has 1 aliphatic carbocycles. The van der Waals surface area contributed by atoms with Gasteiger partial charge in [-0.25, -0.2) is 0 Å². The molecule has 4 nitrogen and oxygen atoms in total. The lowest BCUT2D eigenvalue weighted by Gasteiger charge is -2.40. The number of nitrogens with zero attached hydrogens (tertiary/aromatic N) is 1. The lowest BCUT2D eigenvalue weighted by molar-refractivity contribution is -0.384. The Kier molecular flexibility index (Phi) is 4.02. The highest BCUT2D eigenvalue weighted by atomic mass is 35.5. The van der Waals surface area contributed by atoms with Gasteiger partial charge in [-0.2, -0.15) is 12.6 Å². The van der Waals surface area contributed by atoms with E-state index in [9.17, 15) is 10.1 Å². The van der Waals surface area contributed by atoms with Crippen molar-refractivity contribution in [3.63, 3.8) is 0 Å². The lowest BCUT2D eigenvalue weighted by atomic mass is 9.71. The minimum atomic E-state index is -0.507. The zero-order valence-corrected chi connectivity index (χ0v) is 11.4. The lowest BCUT2D eigenvalue weighted by Crippen LogP contribution is -2.37. The number of nitro groups is 1. The average molecular weight is 288 g/mol. The van der Waals surface area contributed by atoms with E-state index in [1.807, 2.05) is 0 Å². The molecule has 0 bridgehead atoms. The molecule has 1 aromatic rings. The van der Waals surface area contributed by atoms with Gasteiger partial charge in [-0.05, 0) is 24.7 Å². The van der Waals surface area contributed by atoms with Crippen molar-refractivity contribution in [3.8, 4) is 5.75 Å². The molecule has 0 radical (unpaired) electrons. The number of ether oxygens (including phenoxy) is 1. The van der Waals surface area contributed by atoms with Gasteiger partial charge in [-0.3, -0.25) is 10.1 Å². The highest BCUT2D eigenvalue weighted by molar-refractivity contribution is 7.80. The van der Waals surface area contributed by atoms with Gasteiger partial charge in [0, 0.05) is 17.5 Å². The molecular formula is C12H14ClNO3S. The molecule has 18 heavy (non-hydrogen) atoms. The molecule has 0 amide bonds. The van der Waals surface area contributed by atoms with Gasteiger partial charge in [0.25, 0.3) is 5.69 Å². The van der Waals surface area contributed by atoms with Crippen LogP contribution in [-0.2, 0) is 0 Å². The van der Waals surface area contributed by atoms with E-state index in [0.717, 1.165) is 18.6 Å². The van der Waals surface area contributed by atoms with Crippen LogP contribution in [0.5, 0.6) is 5.75 Å². The Bertz CT molecular complexity index is 457. The summed E-state index contributed by atoms with van der Waals surface area (Å²) in [6.07, 6.45) is 3.46. The van der Waals surface area contributed by atoms with Crippen LogP contribution < -0.4 is 4.74 Å². The van der Waals surface area contributed by atoms with Gasteiger partial charge in [0.05, 0.1) is 11.5 Å². The number of nitro benzene ring substituents is 1. The minimum Gasteiger partial charge on any atom is -0.493 e. The zero-order chi connectivity index (χ0) is 13.2. The largest absolute Gasteiger partial charge is 0.493 e. The fourth-order valence-corrected chi connectivity index (χ4v) is 2.63. The molecule has 6 heteroatoms. The summed E-state index contributed by atoms with van der Waals surface area (Å²) in [5, 5.41) is 10.7. The molecule has 0 N–H and O–H groups in total. The summed E-state index contributed by atoms with van der Waals surface area (Å²) in [5.41, 5.74) is 0.0637. The molecule has 1 saturated carbocycles. The van der Waals surface area contributed by atoms with Crippen LogP contribution in [0.15, 0.2) is 18.2 Å². The van der Waals surface area contributed by atoms with Gasteiger partial charge in [0.1, 0.15) is 10.8 Å². The van der Waals surface area contributed by atoms with Gasteiger partial charge in [0.15, 0.2) is 0 Å². The van der Waals surface area contributed by atoms with E-state index in [4.69, 9.17) is 16.3 Å². The van der Waals surface area contributed by atoms with Crippen LogP contribution in [0.3, 0.4) is 0 Å². The van der Waals surface area contributed by atoms with Crippen LogP contribution >= 0.6 is 24.2 Å². The Hall–Kier alpha value is -0.940. The SMILES string of the molecule is O=[N+]([O-])c1ccc(OCC2(CS)CCC2)cc1Cl. The smallest absolute Gasteiger partial charge is 0.288 e.